The van der Waals surface area contributed by atoms with E-state index in [-0.39, 0.29) is 54.4 Å². The van der Waals surface area contributed by atoms with Crippen LogP contribution in [0.1, 0.15) is 65.0 Å². The zero-order valence-electron chi connectivity index (χ0n) is 43.7. The average molecular weight is 967 g/mol. The standard InChI is InChI=1S/C55H45N4.Pt/c1-54(2,3)40-32-33-56-52(36-40)59-48-27-13-12-24-46(48)47-31-30-42(35-51(47)59)55(4,5)41-22-16-23-43(34-41)57-37-58(50-29-15-14-28-49(50)57)53-44(38-18-8-6-9-19-38)25-17-26-45(53)39-20-10-7-11-21-39;/h6-33,36-37H,1-5H3;/q-3;/i6D,7D,8D,9D,10D,11D,18D,19D,20D,21D;. The van der Waals surface area contributed by atoms with E-state index >= 15 is 0 Å². The average Bonchev–Trinajstić information content (AvgIpc) is 3.90. The number of benzene rings is 7. The minimum absolute atomic E-state index is 0. The molecule has 0 saturated carbocycles. The number of nitrogens with zero attached hydrogens (tertiary/aromatic N) is 4. The Morgan fingerprint density at radius 2 is 1.22 bits per heavy atom. The Hall–Kier alpha value is -6.22. The second kappa shape index (κ2) is 15.4. The van der Waals surface area contributed by atoms with Gasteiger partial charge in [0.2, 0.25) is 0 Å². The maximum absolute atomic E-state index is 9.04. The van der Waals surface area contributed by atoms with Crippen LogP contribution in [0.3, 0.4) is 0 Å². The molecule has 0 atom stereocenters. The van der Waals surface area contributed by atoms with Crippen LogP contribution < -0.4 is 9.80 Å². The molecule has 5 heteroatoms. The minimum Gasteiger partial charge on any atom is -0.493 e. The van der Waals surface area contributed by atoms with Crippen LogP contribution in [0.4, 0.5) is 22.7 Å². The molecule has 3 heterocycles. The van der Waals surface area contributed by atoms with E-state index in [1.54, 1.807) is 29.8 Å². The van der Waals surface area contributed by atoms with Crippen LogP contribution in [-0.4, -0.2) is 9.55 Å². The van der Waals surface area contributed by atoms with Crippen LogP contribution in [0, 0.1) is 18.8 Å². The second-order valence-corrected chi connectivity index (χ2v) is 16.3. The van der Waals surface area contributed by atoms with Gasteiger partial charge in [-0.2, -0.15) is 53.6 Å². The summed E-state index contributed by atoms with van der Waals surface area (Å²) in [7, 11) is 0. The third-order valence-corrected chi connectivity index (χ3v) is 11.3. The first-order valence-electron chi connectivity index (χ1n) is 24.6. The number of hydrogen-bond donors (Lipinski definition) is 0. The van der Waals surface area contributed by atoms with Gasteiger partial charge in [-0.3, -0.25) is 0 Å². The summed E-state index contributed by atoms with van der Waals surface area (Å²) in [6.07, 6.45) is 1.87. The fourth-order valence-electron chi connectivity index (χ4n) is 8.07. The Morgan fingerprint density at radius 1 is 0.600 bits per heavy atom. The largest absolute Gasteiger partial charge is 0.493 e. The molecule has 1 aliphatic heterocycles. The van der Waals surface area contributed by atoms with Gasteiger partial charge < -0.3 is 14.4 Å². The van der Waals surface area contributed by atoms with Crippen molar-refractivity contribution in [1.82, 2.24) is 9.55 Å². The van der Waals surface area contributed by atoms with Crippen molar-refractivity contribution in [3.05, 3.63) is 211 Å². The zero-order valence-corrected chi connectivity index (χ0v) is 35.9. The van der Waals surface area contributed by atoms with Gasteiger partial charge in [-0.25, -0.2) is 4.98 Å². The fourth-order valence-corrected chi connectivity index (χ4v) is 8.07. The quantitative estimate of drug-likeness (QED) is 0.149. The van der Waals surface area contributed by atoms with E-state index < -0.39 is 65.8 Å². The molecule has 0 unspecified atom stereocenters. The van der Waals surface area contributed by atoms with Gasteiger partial charge in [0.25, 0.3) is 0 Å². The maximum Gasteiger partial charge on any atom is 0.135 e. The van der Waals surface area contributed by atoms with Crippen molar-refractivity contribution >= 4 is 44.6 Å². The first kappa shape index (κ1) is 29.1. The number of hydrogen-bond acceptors (Lipinski definition) is 3. The van der Waals surface area contributed by atoms with Crippen LogP contribution in [0.25, 0.3) is 49.9 Å². The maximum atomic E-state index is 9.04. The fraction of sp³-hybridized carbons (Fsp3) is 0.127. The third kappa shape index (κ3) is 6.74. The van der Waals surface area contributed by atoms with Gasteiger partial charge >= 0.3 is 0 Å². The molecule has 0 radical (unpaired) electrons. The summed E-state index contributed by atoms with van der Waals surface area (Å²) in [5.74, 6) is 0.809. The van der Waals surface area contributed by atoms with Crippen molar-refractivity contribution < 1.29 is 34.8 Å². The number of fused-ring (bicyclic) bond motifs is 4. The molecule has 298 valence electrons. The molecule has 2 aromatic heterocycles. The van der Waals surface area contributed by atoms with Gasteiger partial charge in [-0.05, 0) is 63.2 Å². The Kier molecular flexibility index (Phi) is 7.47. The predicted octanol–water partition coefficient (Wildman–Crippen LogP) is 14.1. The van der Waals surface area contributed by atoms with E-state index in [1.165, 1.54) is 5.56 Å². The minimum atomic E-state index is -0.632. The zero-order chi connectivity index (χ0) is 49.0. The van der Waals surface area contributed by atoms with E-state index in [4.69, 9.17) is 18.7 Å². The first-order valence-corrected chi connectivity index (χ1v) is 19.6. The summed E-state index contributed by atoms with van der Waals surface area (Å²) in [5.41, 5.74) is 6.65. The number of aromatic nitrogens is 2. The normalized spacial score (nSPS) is 15.2. The Bertz CT molecular complexity index is 3460. The van der Waals surface area contributed by atoms with E-state index in [0.717, 1.165) is 38.8 Å². The molecule has 0 fully saturated rings. The topological polar surface area (TPSA) is 24.3 Å². The van der Waals surface area contributed by atoms with Crippen molar-refractivity contribution in [3.63, 3.8) is 0 Å². The molecule has 0 aliphatic carbocycles. The smallest absolute Gasteiger partial charge is 0.135 e. The first-order chi connectivity index (χ1) is 32.8. The Labute approximate surface area is 382 Å². The molecule has 0 spiro atoms. The SMILES string of the molecule is [2H]c1c([2H])c([2H])c(-c2cccc(-c3c([2H])c([2H])c([2H])c([2H])c3[2H])c2N2[CH-]N(c3[c-]c(C(C)(C)c4[c-]c5c(cc4)c4ccccc4n5-c4cc(C(C)(C)C)ccn4)ccc3)c3ccccc32)c([2H])c1[2H].[Pt]. The molecule has 0 amide bonds. The molecule has 9 aromatic rings. The van der Waals surface area contributed by atoms with Crippen LogP contribution in [0.5, 0.6) is 0 Å². The molecule has 4 nitrogen and oxygen atoms in total. The summed E-state index contributed by atoms with van der Waals surface area (Å²) in [4.78, 5) is 8.60. The van der Waals surface area contributed by atoms with Crippen molar-refractivity contribution in [3.8, 4) is 28.1 Å². The van der Waals surface area contributed by atoms with Crippen molar-refractivity contribution in [2.45, 2.75) is 45.4 Å². The summed E-state index contributed by atoms with van der Waals surface area (Å²) in [5, 5.41) is 2.15. The molecule has 0 N–H and O–H groups in total. The molecule has 60 heavy (non-hydrogen) atoms. The number of rotatable bonds is 7. The van der Waals surface area contributed by atoms with Gasteiger partial charge in [-0.1, -0.05) is 149 Å². The molecule has 10 rings (SSSR count). The predicted molar refractivity (Wildman–Crippen MR) is 246 cm³/mol. The third-order valence-electron chi connectivity index (χ3n) is 11.3. The molecule has 0 saturated heterocycles. The van der Waals surface area contributed by atoms with Crippen LogP contribution in [0.15, 0.2) is 176 Å². The monoisotopic (exact) mass is 966 g/mol. The van der Waals surface area contributed by atoms with E-state index in [9.17, 15) is 0 Å². The summed E-state index contributed by atoms with van der Waals surface area (Å²) in [6.45, 7) is 12.7. The van der Waals surface area contributed by atoms with Gasteiger partial charge in [0, 0.05) is 61.0 Å². The van der Waals surface area contributed by atoms with Gasteiger partial charge in [0.1, 0.15) is 5.82 Å². The Morgan fingerprint density at radius 3 is 1.90 bits per heavy atom. The van der Waals surface area contributed by atoms with E-state index in [1.807, 2.05) is 65.7 Å². The van der Waals surface area contributed by atoms with Crippen LogP contribution >= 0.6 is 0 Å². The van der Waals surface area contributed by atoms with E-state index in [2.05, 4.69) is 87.7 Å². The second-order valence-electron chi connectivity index (χ2n) is 16.3. The van der Waals surface area contributed by atoms with Crippen LogP contribution in [0.2, 0.25) is 0 Å². The molecule has 7 aromatic carbocycles. The van der Waals surface area contributed by atoms with Crippen molar-refractivity contribution in [1.29, 1.82) is 0 Å². The Balaban J connectivity index is 0.00000608. The van der Waals surface area contributed by atoms with Gasteiger partial charge in [0.15, 0.2) is 0 Å². The summed E-state index contributed by atoms with van der Waals surface area (Å²) < 4.78 is 89.4. The molecule has 1 aliphatic rings. The summed E-state index contributed by atoms with van der Waals surface area (Å²) in [6, 6.07) is 37.7. The van der Waals surface area contributed by atoms with Crippen molar-refractivity contribution in [2.24, 2.45) is 0 Å². The molecular weight excluding hydrogens is 912 g/mol. The van der Waals surface area contributed by atoms with Crippen LogP contribution in [-0.2, 0) is 31.9 Å². The number of pyridine rings is 1. The number of para-hydroxylation sites is 4. The van der Waals surface area contributed by atoms with Gasteiger partial charge in [-0.15, -0.1) is 17.7 Å². The molecular formula is C55H45N4Pt-3. The summed E-state index contributed by atoms with van der Waals surface area (Å²) >= 11 is 0. The van der Waals surface area contributed by atoms with E-state index in [0.29, 0.717) is 17.1 Å². The number of anilines is 4. The van der Waals surface area contributed by atoms with Crippen molar-refractivity contribution in [2.75, 3.05) is 9.80 Å². The van der Waals surface area contributed by atoms with Gasteiger partial charge in [0.05, 0.1) is 13.7 Å². The molecule has 0 bridgehead atoms.